The molecule has 3 N–H and O–H groups in total. The lowest BCUT2D eigenvalue weighted by molar-refractivity contribution is -0.137. The van der Waals surface area contributed by atoms with Crippen molar-refractivity contribution in [2.45, 2.75) is 82.8 Å². The summed E-state index contributed by atoms with van der Waals surface area (Å²) in [6.07, 6.45) is 9.75. The van der Waals surface area contributed by atoms with Crippen LogP contribution in [-0.2, 0) is 4.79 Å². The lowest BCUT2D eigenvalue weighted by atomic mass is 9.53. The van der Waals surface area contributed by atoms with Gasteiger partial charge in [-0.1, -0.05) is 31.1 Å². The molecular weight excluding hydrogens is 316 g/mol. The van der Waals surface area contributed by atoms with Gasteiger partial charge >= 0.3 is 5.97 Å². The van der Waals surface area contributed by atoms with Gasteiger partial charge in [-0.05, 0) is 68.6 Å². The van der Waals surface area contributed by atoms with Crippen LogP contribution in [0.5, 0.6) is 0 Å². The van der Waals surface area contributed by atoms with Crippen molar-refractivity contribution in [2.24, 2.45) is 29.6 Å². The quantitative estimate of drug-likeness (QED) is 0.667. The summed E-state index contributed by atoms with van der Waals surface area (Å²) in [7, 11) is 0. The molecule has 3 saturated carbocycles. The normalized spacial score (nSPS) is 36.5. The van der Waals surface area contributed by atoms with Gasteiger partial charge < -0.3 is 15.3 Å². The number of carboxylic acids is 1. The average molecular weight is 348 g/mol. The molecule has 0 aromatic rings. The van der Waals surface area contributed by atoms with E-state index in [1.807, 2.05) is 0 Å². The molecule has 3 aliphatic rings. The number of carboxylic acid groups (broad SMARTS) is 1. The van der Waals surface area contributed by atoms with Gasteiger partial charge in [-0.15, -0.1) is 0 Å². The third-order valence-electron chi connectivity index (χ3n) is 6.86. The molecular formula is C21H32O4. The van der Waals surface area contributed by atoms with Crippen molar-refractivity contribution >= 4 is 5.97 Å². The first kappa shape index (κ1) is 18.7. The van der Waals surface area contributed by atoms with Crippen LogP contribution in [0.25, 0.3) is 0 Å². The number of hydrogen-bond donors (Lipinski definition) is 3. The number of aliphatic hydroxyl groups is 2. The average Bonchev–Trinajstić information content (AvgIpc) is 2.59. The molecule has 25 heavy (non-hydrogen) atoms. The van der Waals surface area contributed by atoms with E-state index in [0.29, 0.717) is 23.7 Å². The maximum atomic E-state index is 10.7. The minimum Gasteiger partial charge on any atom is -0.481 e. The highest BCUT2D eigenvalue weighted by Gasteiger charge is 2.48. The first-order valence-electron chi connectivity index (χ1n) is 10.1. The van der Waals surface area contributed by atoms with Crippen LogP contribution < -0.4 is 0 Å². The molecule has 0 amide bonds. The Labute approximate surface area is 151 Å². The van der Waals surface area contributed by atoms with Crippen molar-refractivity contribution in [1.82, 2.24) is 0 Å². The zero-order valence-electron chi connectivity index (χ0n) is 15.1. The van der Waals surface area contributed by atoms with Gasteiger partial charge in [-0.3, -0.25) is 4.79 Å². The molecule has 6 unspecified atom stereocenters. The third-order valence-corrected chi connectivity index (χ3v) is 6.86. The topological polar surface area (TPSA) is 77.8 Å². The summed E-state index contributed by atoms with van der Waals surface area (Å²) in [5, 5.41) is 29.5. The fraction of sp³-hybridized carbons (Fsp3) is 0.857. The highest BCUT2D eigenvalue weighted by Crippen LogP contribution is 2.53. The van der Waals surface area contributed by atoms with E-state index in [1.165, 1.54) is 19.3 Å². The van der Waals surface area contributed by atoms with Crippen molar-refractivity contribution < 1.29 is 20.1 Å². The fourth-order valence-corrected chi connectivity index (χ4v) is 5.34. The number of fused-ring (bicyclic) bond motifs is 1. The van der Waals surface area contributed by atoms with Gasteiger partial charge in [0.2, 0.25) is 0 Å². The van der Waals surface area contributed by atoms with Crippen LogP contribution in [0.1, 0.15) is 70.6 Å². The van der Waals surface area contributed by atoms with E-state index in [-0.39, 0.29) is 18.4 Å². The smallest absolute Gasteiger partial charge is 0.303 e. The molecule has 6 atom stereocenters. The summed E-state index contributed by atoms with van der Waals surface area (Å²) in [4.78, 5) is 10.7. The Bertz CT molecular complexity index is 514. The van der Waals surface area contributed by atoms with Crippen LogP contribution in [-0.4, -0.2) is 33.5 Å². The summed E-state index contributed by atoms with van der Waals surface area (Å²) in [5.74, 6) is 7.54. The highest BCUT2D eigenvalue weighted by atomic mass is 16.4. The predicted molar refractivity (Wildman–Crippen MR) is 95.7 cm³/mol. The lowest BCUT2D eigenvalue weighted by Gasteiger charge is -2.52. The molecule has 4 nitrogen and oxygen atoms in total. The van der Waals surface area contributed by atoms with Crippen molar-refractivity contribution in [3.8, 4) is 11.8 Å². The molecule has 3 rings (SSSR count). The van der Waals surface area contributed by atoms with E-state index in [0.717, 1.165) is 44.9 Å². The molecule has 0 heterocycles. The summed E-state index contributed by atoms with van der Waals surface area (Å²) >= 11 is 0. The number of hydrogen-bond acceptors (Lipinski definition) is 3. The highest BCUT2D eigenvalue weighted by molar-refractivity contribution is 5.66. The largest absolute Gasteiger partial charge is 0.481 e. The van der Waals surface area contributed by atoms with Crippen LogP contribution >= 0.6 is 0 Å². The second-order valence-electron chi connectivity index (χ2n) is 8.41. The first-order chi connectivity index (χ1) is 12.1. The molecule has 0 saturated heterocycles. The van der Waals surface area contributed by atoms with E-state index < -0.39 is 12.1 Å². The van der Waals surface area contributed by atoms with Gasteiger partial charge in [-0.2, -0.15) is 0 Å². The summed E-state index contributed by atoms with van der Waals surface area (Å²) in [5.41, 5.74) is 0. The standard InChI is InChI=1S/C21H32O4/c22-19(14-5-2-1-3-6-14)11-10-17-18-13-15(7-4-8-21(24)25)16(18)9-12-20(17)23/h14-20,22-23H,1-9,12-13H2,(H,24,25). The minimum atomic E-state index is -0.713. The number of carbonyl (C=O) groups is 1. The van der Waals surface area contributed by atoms with Crippen LogP contribution in [0.15, 0.2) is 0 Å². The maximum absolute atomic E-state index is 10.7. The Morgan fingerprint density at radius 2 is 1.84 bits per heavy atom. The second kappa shape index (κ2) is 8.56. The number of rotatable bonds is 5. The lowest BCUT2D eigenvalue weighted by Crippen LogP contribution is -2.48. The van der Waals surface area contributed by atoms with Crippen LogP contribution in [0.2, 0.25) is 0 Å². The molecule has 0 spiro atoms. The van der Waals surface area contributed by atoms with Crippen LogP contribution in [0.3, 0.4) is 0 Å². The molecule has 3 fully saturated rings. The van der Waals surface area contributed by atoms with E-state index in [9.17, 15) is 15.0 Å². The van der Waals surface area contributed by atoms with E-state index >= 15 is 0 Å². The van der Waals surface area contributed by atoms with Gasteiger partial charge in [0.05, 0.1) is 6.10 Å². The first-order valence-corrected chi connectivity index (χ1v) is 10.1. The molecule has 4 heteroatoms. The van der Waals surface area contributed by atoms with E-state index in [1.54, 1.807) is 0 Å². The Balaban J connectivity index is 1.53. The van der Waals surface area contributed by atoms with Gasteiger partial charge in [-0.25, -0.2) is 0 Å². The van der Waals surface area contributed by atoms with Crippen LogP contribution in [0.4, 0.5) is 0 Å². The fourth-order valence-electron chi connectivity index (χ4n) is 5.34. The Morgan fingerprint density at radius 1 is 1.08 bits per heavy atom. The number of aliphatic hydroxyl groups excluding tert-OH is 2. The molecule has 0 bridgehead atoms. The van der Waals surface area contributed by atoms with Crippen molar-refractivity contribution in [3.63, 3.8) is 0 Å². The van der Waals surface area contributed by atoms with E-state index in [4.69, 9.17) is 5.11 Å². The zero-order valence-corrected chi connectivity index (χ0v) is 15.1. The molecule has 3 aliphatic carbocycles. The number of aliphatic carboxylic acids is 1. The molecule has 140 valence electrons. The van der Waals surface area contributed by atoms with E-state index in [2.05, 4.69) is 11.8 Å². The Hall–Kier alpha value is -1.05. The van der Waals surface area contributed by atoms with Crippen LogP contribution in [0, 0.1) is 41.4 Å². The van der Waals surface area contributed by atoms with Gasteiger partial charge in [0.1, 0.15) is 6.10 Å². The molecule has 0 aromatic heterocycles. The van der Waals surface area contributed by atoms with Crippen molar-refractivity contribution in [3.05, 3.63) is 0 Å². The minimum absolute atomic E-state index is 0.00675. The third kappa shape index (κ3) is 4.57. The summed E-state index contributed by atoms with van der Waals surface area (Å²) in [6, 6.07) is 0. The van der Waals surface area contributed by atoms with Gasteiger partial charge in [0, 0.05) is 12.3 Å². The monoisotopic (exact) mass is 348 g/mol. The molecule has 0 aromatic carbocycles. The Kier molecular flexibility index (Phi) is 6.41. The van der Waals surface area contributed by atoms with Gasteiger partial charge in [0.25, 0.3) is 0 Å². The SMILES string of the molecule is O=C(O)CCCC1CC2C(C#CC(O)C3CCCCC3)C(O)CCC12. The molecule has 0 aliphatic heterocycles. The predicted octanol–water partition coefficient (Wildman–Crippen LogP) is 3.21. The summed E-state index contributed by atoms with van der Waals surface area (Å²) in [6.45, 7) is 0. The Morgan fingerprint density at radius 3 is 2.56 bits per heavy atom. The second-order valence-corrected chi connectivity index (χ2v) is 8.41. The maximum Gasteiger partial charge on any atom is 0.303 e. The van der Waals surface area contributed by atoms with Gasteiger partial charge in [0.15, 0.2) is 0 Å². The molecule has 0 radical (unpaired) electrons. The zero-order chi connectivity index (χ0) is 17.8. The van der Waals surface area contributed by atoms with Crippen molar-refractivity contribution in [2.75, 3.05) is 0 Å². The summed E-state index contributed by atoms with van der Waals surface area (Å²) < 4.78 is 0. The van der Waals surface area contributed by atoms with Crippen molar-refractivity contribution in [1.29, 1.82) is 0 Å².